The Morgan fingerprint density at radius 1 is 1.29 bits per heavy atom. The van der Waals surface area contributed by atoms with Gasteiger partial charge in [0.15, 0.2) is 5.75 Å². The van der Waals surface area contributed by atoms with Crippen LogP contribution in [0.2, 0.25) is 10.0 Å². The van der Waals surface area contributed by atoms with Crippen LogP contribution in [-0.4, -0.2) is 17.6 Å². The van der Waals surface area contributed by atoms with Crippen molar-refractivity contribution in [1.29, 1.82) is 0 Å². The van der Waals surface area contributed by atoms with Gasteiger partial charge in [0.25, 0.3) is 0 Å². The van der Waals surface area contributed by atoms with Crippen LogP contribution in [0.25, 0.3) is 0 Å². The van der Waals surface area contributed by atoms with Gasteiger partial charge < -0.3 is 15.2 Å². The van der Waals surface area contributed by atoms with Crippen molar-refractivity contribution in [3.63, 3.8) is 0 Å². The first-order chi connectivity index (χ1) is 10.0. The Labute approximate surface area is 131 Å². The molecule has 1 aromatic carbocycles. The number of rotatable bonds is 4. The van der Waals surface area contributed by atoms with Gasteiger partial charge in [0.05, 0.1) is 27.9 Å². The lowest BCUT2D eigenvalue weighted by atomic mass is 10.3. The number of pyridine rings is 1. The van der Waals surface area contributed by atoms with Crippen LogP contribution in [-0.2, 0) is 4.74 Å². The summed E-state index contributed by atoms with van der Waals surface area (Å²) in [5.41, 5.74) is 6.46. The number of carbonyl (C=O) groups excluding carboxylic acids is 1. The van der Waals surface area contributed by atoms with Gasteiger partial charge in [-0.25, -0.2) is 9.78 Å². The number of esters is 1. The van der Waals surface area contributed by atoms with E-state index in [4.69, 9.17) is 38.4 Å². The van der Waals surface area contributed by atoms with E-state index in [0.29, 0.717) is 33.7 Å². The summed E-state index contributed by atoms with van der Waals surface area (Å²) in [5, 5.41) is 0.663. The summed E-state index contributed by atoms with van der Waals surface area (Å²) in [6.07, 6.45) is 1.36. The first-order valence-corrected chi connectivity index (χ1v) is 6.82. The molecule has 0 aliphatic heterocycles. The molecule has 0 bridgehead atoms. The lowest BCUT2D eigenvalue weighted by molar-refractivity contribution is 0.0526. The average Bonchev–Trinajstić information content (AvgIpc) is 2.46. The normalized spacial score (nSPS) is 10.2. The summed E-state index contributed by atoms with van der Waals surface area (Å²) in [6.45, 7) is 2.03. The van der Waals surface area contributed by atoms with Gasteiger partial charge in [-0.1, -0.05) is 23.2 Å². The van der Waals surface area contributed by atoms with E-state index >= 15 is 0 Å². The van der Waals surface area contributed by atoms with Crippen molar-refractivity contribution in [2.24, 2.45) is 0 Å². The Bertz CT molecular complexity index is 660. The second-order valence-corrected chi connectivity index (χ2v) is 4.83. The van der Waals surface area contributed by atoms with Crippen molar-refractivity contribution >= 4 is 34.9 Å². The van der Waals surface area contributed by atoms with Crippen LogP contribution < -0.4 is 10.5 Å². The quantitative estimate of drug-likeness (QED) is 0.680. The van der Waals surface area contributed by atoms with Crippen molar-refractivity contribution in [3.05, 3.63) is 46.1 Å². The van der Waals surface area contributed by atoms with Gasteiger partial charge in [0.1, 0.15) is 0 Å². The van der Waals surface area contributed by atoms with Crippen molar-refractivity contribution in [2.45, 2.75) is 6.92 Å². The third-order valence-electron chi connectivity index (χ3n) is 2.51. The second-order valence-electron chi connectivity index (χ2n) is 4.01. The Morgan fingerprint density at radius 3 is 2.62 bits per heavy atom. The third kappa shape index (κ3) is 3.77. The summed E-state index contributed by atoms with van der Waals surface area (Å²) in [5.74, 6) is 0.166. The first-order valence-electron chi connectivity index (χ1n) is 6.06. The van der Waals surface area contributed by atoms with E-state index in [2.05, 4.69) is 4.98 Å². The molecule has 1 heterocycles. The van der Waals surface area contributed by atoms with Crippen LogP contribution in [0, 0.1) is 0 Å². The van der Waals surface area contributed by atoms with Gasteiger partial charge in [-0.05, 0) is 19.1 Å². The standard InChI is InChI=1S/C14H12Cl2N2O3/c1-2-20-14(19)8-3-4-13(18-7-8)21-12-6-10(16)9(15)5-11(12)17/h3-7H,2,17H2,1H3. The molecule has 0 aliphatic carbocycles. The Balaban J connectivity index is 2.17. The number of hydrogen-bond acceptors (Lipinski definition) is 5. The molecule has 2 aromatic rings. The van der Waals surface area contributed by atoms with Gasteiger partial charge in [-0.15, -0.1) is 0 Å². The topological polar surface area (TPSA) is 74.4 Å². The monoisotopic (exact) mass is 326 g/mol. The SMILES string of the molecule is CCOC(=O)c1ccc(Oc2cc(Cl)c(Cl)cc2N)nc1. The summed E-state index contributed by atoms with van der Waals surface area (Å²) >= 11 is 11.7. The molecule has 5 nitrogen and oxygen atoms in total. The maximum absolute atomic E-state index is 11.5. The molecule has 1 aromatic heterocycles. The lowest BCUT2D eigenvalue weighted by Crippen LogP contribution is -2.05. The number of halogens is 2. The van der Waals surface area contributed by atoms with Gasteiger partial charge in [-0.2, -0.15) is 0 Å². The molecule has 110 valence electrons. The lowest BCUT2D eigenvalue weighted by Gasteiger charge is -2.09. The smallest absolute Gasteiger partial charge is 0.339 e. The number of anilines is 1. The van der Waals surface area contributed by atoms with E-state index in [9.17, 15) is 4.79 Å². The highest BCUT2D eigenvalue weighted by Gasteiger charge is 2.10. The molecular weight excluding hydrogens is 315 g/mol. The molecule has 2 N–H and O–H groups in total. The number of benzene rings is 1. The van der Waals surface area contributed by atoms with Crippen molar-refractivity contribution in [3.8, 4) is 11.6 Å². The number of carbonyl (C=O) groups is 1. The molecule has 0 saturated carbocycles. The number of nitrogens with zero attached hydrogens (tertiary/aromatic N) is 1. The van der Waals surface area contributed by atoms with Crippen LogP contribution in [0.15, 0.2) is 30.5 Å². The van der Waals surface area contributed by atoms with Crippen molar-refractivity contribution in [1.82, 2.24) is 4.98 Å². The Hall–Kier alpha value is -1.98. The number of aromatic nitrogens is 1. The second kappa shape index (κ2) is 6.65. The molecule has 2 rings (SSSR count). The predicted molar refractivity (Wildman–Crippen MR) is 81.1 cm³/mol. The molecule has 7 heteroatoms. The minimum absolute atomic E-state index is 0.271. The molecule has 0 spiro atoms. The van der Waals surface area contributed by atoms with E-state index in [0.717, 1.165) is 0 Å². The summed E-state index contributed by atoms with van der Waals surface area (Å²) in [6, 6.07) is 6.08. The average molecular weight is 327 g/mol. The third-order valence-corrected chi connectivity index (χ3v) is 3.24. The van der Waals surface area contributed by atoms with Crippen molar-refractivity contribution in [2.75, 3.05) is 12.3 Å². The maximum atomic E-state index is 11.5. The largest absolute Gasteiger partial charge is 0.462 e. The van der Waals surface area contributed by atoms with E-state index in [1.807, 2.05) is 0 Å². The Morgan fingerprint density at radius 2 is 2.00 bits per heavy atom. The van der Waals surface area contributed by atoms with Gasteiger partial charge in [-0.3, -0.25) is 0 Å². The fourth-order valence-electron chi connectivity index (χ4n) is 1.52. The number of nitrogens with two attached hydrogens (primary N) is 1. The zero-order valence-corrected chi connectivity index (χ0v) is 12.6. The molecule has 0 amide bonds. The zero-order chi connectivity index (χ0) is 15.4. The minimum atomic E-state index is -0.439. The fraction of sp³-hybridized carbons (Fsp3) is 0.143. The minimum Gasteiger partial charge on any atom is -0.462 e. The van der Waals surface area contributed by atoms with Crippen molar-refractivity contribution < 1.29 is 14.3 Å². The molecule has 0 radical (unpaired) electrons. The van der Waals surface area contributed by atoms with E-state index in [1.165, 1.54) is 24.4 Å². The maximum Gasteiger partial charge on any atom is 0.339 e. The van der Waals surface area contributed by atoms with Crippen LogP contribution in [0.5, 0.6) is 11.6 Å². The van der Waals surface area contributed by atoms with E-state index < -0.39 is 5.97 Å². The number of nitrogen functional groups attached to an aromatic ring is 1. The van der Waals surface area contributed by atoms with Crippen LogP contribution in [0.4, 0.5) is 5.69 Å². The van der Waals surface area contributed by atoms with Gasteiger partial charge in [0, 0.05) is 18.3 Å². The van der Waals surface area contributed by atoms with Crippen LogP contribution in [0.1, 0.15) is 17.3 Å². The number of hydrogen-bond donors (Lipinski definition) is 1. The van der Waals surface area contributed by atoms with Crippen LogP contribution in [0.3, 0.4) is 0 Å². The highest BCUT2D eigenvalue weighted by atomic mass is 35.5. The van der Waals surface area contributed by atoms with Gasteiger partial charge >= 0.3 is 5.97 Å². The highest BCUT2D eigenvalue weighted by molar-refractivity contribution is 6.42. The molecule has 0 fully saturated rings. The molecule has 21 heavy (non-hydrogen) atoms. The molecule has 0 atom stereocenters. The first kappa shape index (κ1) is 15.4. The highest BCUT2D eigenvalue weighted by Crippen LogP contribution is 2.34. The van der Waals surface area contributed by atoms with Gasteiger partial charge in [0.2, 0.25) is 5.88 Å². The summed E-state index contributed by atoms with van der Waals surface area (Å²) < 4.78 is 10.4. The fourth-order valence-corrected chi connectivity index (χ4v) is 1.85. The van der Waals surface area contributed by atoms with E-state index in [1.54, 1.807) is 13.0 Å². The molecule has 0 saturated heterocycles. The molecule has 0 aliphatic rings. The summed E-state index contributed by atoms with van der Waals surface area (Å²) in [7, 11) is 0. The van der Waals surface area contributed by atoms with E-state index in [-0.39, 0.29) is 5.88 Å². The molecule has 0 unspecified atom stereocenters. The number of ether oxygens (including phenoxy) is 2. The Kier molecular flexibility index (Phi) is 4.88. The zero-order valence-electron chi connectivity index (χ0n) is 11.1. The summed E-state index contributed by atoms with van der Waals surface area (Å²) in [4.78, 5) is 15.5. The van der Waals surface area contributed by atoms with Crippen LogP contribution >= 0.6 is 23.2 Å². The predicted octanol–water partition coefficient (Wildman–Crippen LogP) is 3.94. The molecular formula is C14H12Cl2N2O3.